The van der Waals surface area contributed by atoms with Gasteiger partial charge in [-0.25, -0.2) is 0 Å². The minimum absolute atomic E-state index is 0.0818. The summed E-state index contributed by atoms with van der Waals surface area (Å²) < 4.78 is 0. The molecule has 0 aliphatic carbocycles. The highest BCUT2D eigenvalue weighted by atomic mass is 16.3. The van der Waals surface area contributed by atoms with Crippen LogP contribution in [0, 0.1) is 23.2 Å². The van der Waals surface area contributed by atoms with Gasteiger partial charge < -0.3 is 10.4 Å². The zero-order valence-electron chi connectivity index (χ0n) is 9.97. The molecule has 0 spiro atoms. The number of anilines is 1. The molecule has 1 atom stereocenters. The van der Waals surface area contributed by atoms with Crippen molar-refractivity contribution < 1.29 is 9.90 Å². The highest BCUT2D eigenvalue weighted by Crippen LogP contribution is 2.15. The van der Waals surface area contributed by atoms with Crippen molar-refractivity contribution in [3.8, 4) is 6.07 Å². The number of aliphatic hydroxyl groups is 1. The van der Waals surface area contributed by atoms with Crippen LogP contribution in [0.5, 0.6) is 0 Å². The van der Waals surface area contributed by atoms with Crippen LogP contribution in [0.3, 0.4) is 0 Å². The molecule has 1 amide bonds. The molecule has 0 fully saturated rings. The first-order valence-corrected chi connectivity index (χ1v) is 5.50. The molecular weight excluding hydrogens is 216 g/mol. The first-order chi connectivity index (χ1) is 8.08. The molecule has 1 aromatic rings. The quantitative estimate of drug-likeness (QED) is 0.830. The van der Waals surface area contributed by atoms with E-state index in [-0.39, 0.29) is 18.4 Å². The Morgan fingerprint density at radius 1 is 1.41 bits per heavy atom. The van der Waals surface area contributed by atoms with Gasteiger partial charge in [0.25, 0.3) is 0 Å². The maximum absolute atomic E-state index is 11.8. The summed E-state index contributed by atoms with van der Waals surface area (Å²) in [5, 5.41) is 20.5. The molecule has 1 unspecified atom stereocenters. The van der Waals surface area contributed by atoms with Crippen LogP contribution in [-0.4, -0.2) is 17.6 Å². The third-order valence-corrected chi connectivity index (χ3v) is 2.62. The Hall–Kier alpha value is -1.86. The highest BCUT2D eigenvalue weighted by molar-refractivity contribution is 5.92. The first-order valence-electron chi connectivity index (χ1n) is 5.50. The summed E-state index contributed by atoms with van der Waals surface area (Å²) in [6.45, 7) is 3.61. The van der Waals surface area contributed by atoms with E-state index in [1.807, 2.05) is 19.9 Å². The fraction of sp³-hybridized carbons (Fsp3) is 0.385. The van der Waals surface area contributed by atoms with E-state index in [9.17, 15) is 4.79 Å². The van der Waals surface area contributed by atoms with Crippen molar-refractivity contribution in [2.45, 2.75) is 13.8 Å². The number of nitrogens with zero attached hydrogens (tertiary/aromatic N) is 1. The number of hydrogen-bond acceptors (Lipinski definition) is 3. The van der Waals surface area contributed by atoms with Gasteiger partial charge in [0, 0.05) is 5.69 Å². The fourth-order valence-corrected chi connectivity index (χ4v) is 1.46. The summed E-state index contributed by atoms with van der Waals surface area (Å²) in [5.74, 6) is -0.531. The van der Waals surface area contributed by atoms with Crippen LogP contribution in [-0.2, 0) is 4.79 Å². The monoisotopic (exact) mass is 232 g/mol. The average molecular weight is 232 g/mol. The zero-order valence-corrected chi connectivity index (χ0v) is 9.97. The fourth-order valence-electron chi connectivity index (χ4n) is 1.46. The lowest BCUT2D eigenvalue weighted by Crippen LogP contribution is -2.29. The van der Waals surface area contributed by atoms with Crippen molar-refractivity contribution in [1.29, 1.82) is 5.26 Å². The number of amides is 1. The van der Waals surface area contributed by atoms with Gasteiger partial charge in [-0.2, -0.15) is 5.26 Å². The van der Waals surface area contributed by atoms with Gasteiger partial charge in [-0.1, -0.05) is 13.8 Å². The van der Waals surface area contributed by atoms with Gasteiger partial charge in [-0.05, 0) is 30.2 Å². The summed E-state index contributed by atoms with van der Waals surface area (Å²) in [5.41, 5.74) is 1.18. The Morgan fingerprint density at radius 3 is 2.41 bits per heavy atom. The van der Waals surface area contributed by atoms with Crippen molar-refractivity contribution in [2.75, 3.05) is 11.9 Å². The predicted octanol–water partition coefficient (Wildman–Crippen LogP) is 1.76. The van der Waals surface area contributed by atoms with Crippen LogP contribution < -0.4 is 5.32 Å². The molecule has 0 heterocycles. The second-order valence-corrected chi connectivity index (χ2v) is 4.21. The molecule has 2 N–H and O–H groups in total. The molecule has 0 bridgehead atoms. The predicted molar refractivity (Wildman–Crippen MR) is 65.2 cm³/mol. The van der Waals surface area contributed by atoms with E-state index in [1.165, 1.54) is 0 Å². The lowest BCUT2D eigenvalue weighted by molar-refractivity contribution is -0.122. The normalized spacial score (nSPS) is 11.9. The summed E-state index contributed by atoms with van der Waals surface area (Å²) in [4.78, 5) is 11.8. The first kappa shape index (κ1) is 13.2. The van der Waals surface area contributed by atoms with Gasteiger partial charge in [0.2, 0.25) is 5.91 Å². The van der Waals surface area contributed by atoms with Gasteiger partial charge in [-0.3, -0.25) is 4.79 Å². The SMILES string of the molecule is CC(C)C(CO)C(=O)Nc1ccc(C#N)cc1. The lowest BCUT2D eigenvalue weighted by atomic mass is 9.96. The second kappa shape index (κ2) is 6.02. The number of nitriles is 1. The van der Waals surface area contributed by atoms with E-state index in [0.717, 1.165) is 0 Å². The Bertz CT molecular complexity index is 418. The molecule has 0 aliphatic rings. The van der Waals surface area contributed by atoms with Crippen molar-refractivity contribution in [3.63, 3.8) is 0 Å². The Kier molecular flexibility index (Phi) is 4.68. The summed E-state index contributed by atoms with van der Waals surface area (Å²) in [6.07, 6.45) is 0. The molecule has 0 aliphatic heterocycles. The Morgan fingerprint density at radius 2 is 2.00 bits per heavy atom. The van der Waals surface area contributed by atoms with Crippen molar-refractivity contribution in [1.82, 2.24) is 0 Å². The number of carbonyl (C=O) groups is 1. The van der Waals surface area contributed by atoms with Crippen LogP contribution in [0.1, 0.15) is 19.4 Å². The van der Waals surface area contributed by atoms with Crippen molar-refractivity contribution >= 4 is 11.6 Å². The summed E-state index contributed by atoms with van der Waals surface area (Å²) in [6, 6.07) is 8.63. The third-order valence-electron chi connectivity index (χ3n) is 2.62. The maximum Gasteiger partial charge on any atom is 0.230 e. The van der Waals surface area contributed by atoms with Gasteiger partial charge in [0.1, 0.15) is 0 Å². The van der Waals surface area contributed by atoms with E-state index >= 15 is 0 Å². The zero-order chi connectivity index (χ0) is 12.8. The molecule has 1 aromatic carbocycles. The van der Waals surface area contributed by atoms with Crippen LogP contribution >= 0.6 is 0 Å². The Balaban J connectivity index is 2.70. The van der Waals surface area contributed by atoms with E-state index in [0.29, 0.717) is 11.3 Å². The van der Waals surface area contributed by atoms with Crippen LogP contribution in [0.4, 0.5) is 5.69 Å². The smallest absolute Gasteiger partial charge is 0.230 e. The topological polar surface area (TPSA) is 73.1 Å². The highest BCUT2D eigenvalue weighted by Gasteiger charge is 2.21. The van der Waals surface area contributed by atoms with E-state index in [2.05, 4.69) is 5.32 Å². The van der Waals surface area contributed by atoms with E-state index < -0.39 is 5.92 Å². The van der Waals surface area contributed by atoms with Gasteiger partial charge in [-0.15, -0.1) is 0 Å². The average Bonchev–Trinajstić information content (AvgIpc) is 2.30. The van der Waals surface area contributed by atoms with E-state index in [1.54, 1.807) is 24.3 Å². The second-order valence-electron chi connectivity index (χ2n) is 4.21. The largest absolute Gasteiger partial charge is 0.396 e. The van der Waals surface area contributed by atoms with Gasteiger partial charge >= 0.3 is 0 Å². The van der Waals surface area contributed by atoms with Crippen molar-refractivity contribution in [3.05, 3.63) is 29.8 Å². The lowest BCUT2D eigenvalue weighted by Gasteiger charge is -2.17. The van der Waals surface area contributed by atoms with Crippen LogP contribution in [0.25, 0.3) is 0 Å². The third kappa shape index (κ3) is 3.58. The molecule has 0 radical (unpaired) electrons. The van der Waals surface area contributed by atoms with E-state index in [4.69, 9.17) is 10.4 Å². The molecule has 0 saturated heterocycles. The molecular formula is C13H16N2O2. The van der Waals surface area contributed by atoms with Gasteiger partial charge in [0.15, 0.2) is 0 Å². The molecule has 17 heavy (non-hydrogen) atoms. The van der Waals surface area contributed by atoms with Crippen LogP contribution in [0.2, 0.25) is 0 Å². The number of nitrogens with one attached hydrogen (secondary N) is 1. The minimum atomic E-state index is -0.411. The summed E-state index contributed by atoms with van der Waals surface area (Å²) in [7, 11) is 0. The summed E-state index contributed by atoms with van der Waals surface area (Å²) >= 11 is 0. The van der Waals surface area contributed by atoms with Crippen LogP contribution in [0.15, 0.2) is 24.3 Å². The van der Waals surface area contributed by atoms with Gasteiger partial charge in [0.05, 0.1) is 24.2 Å². The molecule has 90 valence electrons. The Labute approximate surface area is 101 Å². The number of carbonyl (C=O) groups excluding carboxylic acids is 1. The maximum atomic E-state index is 11.8. The molecule has 4 nitrogen and oxygen atoms in total. The molecule has 0 aromatic heterocycles. The number of rotatable bonds is 4. The molecule has 1 rings (SSSR count). The number of aliphatic hydroxyl groups excluding tert-OH is 1. The standard InChI is InChI=1S/C13H16N2O2/c1-9(2)12(8-16)13(17)15-11-5-3-10(7-14)4-6-11/h3-6,9,12,16H,8H2,1-2H3,(H,15,17). The minimum Gasteiger partial charge on any atom is -0.396 e. The van der Waals surface area contributed by atoms with Crippen molar-refractivity contribution in [2.24, 2.45) is 11.8 Å². The number of benzene rings is 1. The number of hydrogen-bond donors (Lipinski definition) is 2. The molecule has 4 heteroatoms. The molecule has 0 saturated carbocycles.